The van der Waals surface area contributed by atoms with Crippen LogP contribution in [0.4, 0.5) is 13.2 Å². The number of halogens is 3. The van der Waals surface area contributed by atoms with Crippen molar-refractivity contribution in [2.75, 3.05) is 0 Å². The van der Waals surface area contributed by atoms with Crippen molar-refractivity contribution in [3.8, 4) is 5.75 Å². The molecular weight excluding hydrogens is 343 g/mol. The van der Waals surface area contributed by atoms with Crippen molar-refractivity contribution in [3.63, 3.8) is 0 Å². The lowest BCUT2D eigenvalue weighted by Crippen LogP contribution is -2.32. The van der Waals surface area contributed by atoms with Gasteiger partial charge in [0.15, 0.2) is 0 Å². The average Bonchev–Trinajstić information content (AvgIpc) is 2.80. The molecule has 9 heteroatoms. The van der Waals surface area contributed by atoms with Gasteiger partial charge in [0.25, 0.3) is 11.8 Å². The third-order valence-corrected chi connectivity index (χ3v) is 3.31. The molecule has 0 saturated carbocycles. The largest absolute Gasteiger partial charge is 0.434 e. The van der Waals surface area contributed by atoms with Crippen molar-refractivity contribution in [3.05, 3.63) is 65.0 Å². The molecule has 0 saturated heterocycles. The molecule has 128 valence electrons. The molecule has 25 heavy (non-hydrogen) atoms. The normalized spacial score (nSPS) is 13.2. The molecule has 0 bridgehead atoms. The number of rotatable bonds is 4. The van der Waals surface area contributed by atoms with E-state index < -0.39 is 41.5 Å². The standard InChI is InChI=1S/C16H8F3NO5/c17-8-5-6-11(12(7-8)24-16(18)19)15(23)25-20-13(21)9-3-1-2-4-10(9)14(20)22/h1-7,16H. The first kappa shape index (κ1) is 16.5. The summed E-state index contributed by atoms with van der Waals surface area (Å²) in [5.74, 6) is -4.80. The minimum atomic E-state index is -3.31. The van der Waals surface area contributed by atoms with Crippen LogP contribution in [0.3, 0.4) is 0 Å². The molecule has 0 aromatic heterocycles. The predicted octanol–water partition coefficient (Wildman–Crippen LogP) is 2.80. The molecule has 0 N–H and O–H groups in total. The monoisotopic (exact) mass is 351 g/mol. The fourth-order valence-corrected chi connectivity index (χ4v) is 2.24. The maximum Gasteiger partial charge on any atom is 0.387 e. The van der Waals surface area contributed by atoms with Crippen LogP contribution < -0.4 is 4.74 Å². The van der Waals surface area contributed by atoms with Crippen molar-refractivity contribution in [1.82, 2.24) is 5.06 Å². The highest BCUT2D eigenvalue weighted by Crippen LogP contribution is 2.26. The Bertz CT molecular complexity index is 849. The number of carbonyl (C=O) groups is 3. The number of nitrogens with zero attached hydrogens (tertiary/aromatic N) is 1. The molecule has 1 heterocycles. The van der Waals surface area contributed by atoms with Gasteiger partial charge < -0.3 is 9.57 Å². The summed E-state index contributed by atoms with van der Waals surface area (Å²) in [6, 6.07) is 7.99. The fraction of sp³-hybridized carbons (Fsp3) is 0.0625. The second kappa shape index (κ2) is 6.27. The lowest BCUT2D eigenvalue weighted by atomic mass is 10.1. The highest BCUT2D eigenvalue weighted by atomic mass is 19.3. The zero-order valence-corrected chi connectivity index (χ0v) is 12.2. The number of hydrogen-bond donors (Lipinski definition) is 0. The molecule has 0 atom stereocenters. The van der Waals surface area contributed by atoms with E-state index in [2.05, 4.69) is 4.74 Å². The highest BCUT2D eigenvalue weighted by Gasteiger charge is 2.39. The molecule has 0 radical (unpaired) electrons. The van der Waals surface area contributed by atoms with Crippen LogP contribution in [0, 0.1) is 5.82 Å². The third-order valence-electron chi connectivity index (χ3n) is 3.31. The van der Waals surface area contributed by atoms with Gasteiger partial charge >= 0.3 is 12.6 Å². The van der Waals surface area contributed by atoms with Gasteiger partial charge in [0, 0.05) is 6.07 Å². The highest BCUT2D eigenvalue weighted by molar-refractivity contribution is 6.21. The van der Waals surface area contributed by atoms with E-state index in [9.17, 15) is 27.6 Å². The number of fused-ring (bicyclic) bond motifs is 1. The zero-order chi connectivity index (χ0) is 18.1. The van der Waals surface area contributed by atoms with Crippen LogP contribution in [-0.4, -0.2) is 29.5 Å². The van der Waals surface area contributed by atoms with Gasteiger partial charge in [-0.3, -0.25) is 9.59 Å². The van der Waals surface area contributed by atoms with Gasteiger partial charge in [0.05, 0.1) is 11.1 Å². The summed E-state index contributed by atoms with van der Waals surface area (Å²) in [5, 5.41) is 0.211. The first-order chi connectivity index (χ1) is 11.9. The van der Waals surface area contributed by atoms with Gasteiger partial charge in [0.2, 0.25) is 0 Å². The van der Waals surface area contributed by atoms with Gasteiger partial charge in [0.1, 0.15) is 17.1 Å². The van der Waals surface area contributed by atoms with Crippen LogP contribution in [0.1, 0.15) is 31.1 Å². The summed E-state index contributed by atoms with van der Waals surface area (Å²) in [4.78, 5) is 41.1. The van der Waals surface area contributed by atoms with Crippen molar-refractivity contribution in [2.24, 2.45) is 0 Å². The minimum absolute atomic E-state index is 0.0310. The Labute approximate surface area is 138 Å². The molecule has 2 aromatic rings. The summed E-state index contributed by atoms with van der Waals surface area (Å²) in [6.45, 7) is -3.31. The first-order valence-corrected chi connectivity index (χ1v) is 6.83. The first-order valence-electron chi connectivity index (χ1n) is 6.83. The summed E-state index contributed by atoms with van der Waals surface area (Å²) in [7, 11) is 0. The Morgan fingerprint density at radius 3 is 2.16 bits per heavy atom. The van der Waals surface area contributed by atoms with Crippen LogP contribution in [0.5, 0.6) is 5.75 Å². The zero-order valence-electron chi connectivity index (χ0n) is 12.2. The van der Waals surface area contributed by atoms with Gasteiger partial charge in [-0.05, 0) is 24.3 Å². The molecule has 3 rings (SSSR count). The topological polar surface area (TPSA) is 72.9 Å². The van der Waals surface area contributed by atoms with Crippen molar-refractivity contribution < 1.29 is 37.1 Å². The molecule has 2 aromatic carbocycles. The van der Waals surface area contributed by atoms with Crippen LogP contribution in [-0.2, 0) is 4.84 Å². The van der Waals surface area contributed by atoms with E-state index in [-0.39, 0.29) is 16.2 Å². The molecule has 2 amide bonds. The van der Waals surface area contributed by atoms with E-state index >= 15 is 0 Å². The second-order valence-electron chi connectivity index (χ2n) is 4.85. The van der Waals surface area contributed by atoms with E-state index in [4.69, 9.17) is 4.84 Å². The van der Waals surface area contributed by atoms with Crippen LogP contribution in [0.2, 0.25) is 0 Å². The van der Waals surface area contributed by atoms with Crippen molar-refractivity contribution >= 4 is 17.8 Å². The third kappa shape index (κ3) is 3.03. The fourth-order valence-electron chi connectivity index (χ4n) is 2.24. The van der Waals surface area contributed by atoms with Crippen molar-refractivity contribution in [1.29, 1.82) is 0 Å². The number of hydroxylamine groups is 2. The van der Waals surface area contributed by atoms with E-state index in [1.54, 1.807) is 0 Å². The van der Waals surface area contributed by atoms with Gasteiger partial charge in [-0.15, -0.1) is 0 Å². The van der Waals surface area contributed by atoms with Crippen molar-refractivity contribution in [2.45, 2.75) is 6.61 Å². The van der Waals surface area contributed by atoms with Gasteiger partial charge in [-0.25, -0.2) is 9.18 Å². The Balaban J connectivity index is 1.87. The molecule has 1 aliphatic rings. The van der Waals surface area contributed by atoms with E-state index in [0.29, 0.717) is 6.07 Å². The number of alkyl halides is 2. The number of imide groups is 1. The molecule has 0 unspecified atom stereocenters. The van der Waals surface area contributed by atoms with E-state index in [1.807, 2.05) is 0 Å². The summed E-state index contributed by atoms with van der Waals surface area (Å²) < 4.78 is 42.0. The minimum Gasteiger partial charge on any atom is -0.434 e. The van der Waals surface area contributed by atoms with E-state index in [0.717, 1.165) is 12.1 Å². The number of ether oxygens (including phenoxy) is 1. The Morgan fingerprint density at radius 2 is 1.60 bits per heavy atom. The molecule has 6 nitrogen and oxygen atoms in total. The summed E-state index contributed by atoms with van der Waals surface area (Å²) in [6.07, 6.45) is 0. The molecular formula is C16H8F3NO5. The lowest BCUT2D eigenvalue weighted by molar-refractivity contribution is -0.0623. The summed E-state index contributed by atoms with van der Waals surface area (Å²) >= 11 is 0. The van der Waals surface area contributed by atoms with Crippen LogP contribution in [0.25, 0.3) is 0 Å². The molecule has 0 fully saturated rings. The number of benzene rings is 2. The van der Waals surface area contributed by atoms with Gasteiger partial charge in [-0.1, -0.05) is 17.2 Å². The molecule has 1 aliphatic heterocycles. The number of carbonyl (C=O) groups excluding carboxylic acids is 3. The number of amides is 2. The molecule has 0 spiro atoms. The SMILES string of the molecule is O=C(ON1C(=O)c2ccccc2C1=O)c1ccc(F)cc1OC(F)F. The average molecular weight is 351 g/mol. The predicted molar refractivity (Wildman–Crippen MR) is 75.4 cm³/mol. The maximum absolute atomic E-state index is 13.2. The Kier molecular flexibility index (Phi) is 4.14. The summed E-state index contributed by atoms with van der Waals surface area (Å²) in [5.41, 5.74) is -0.509. The van der Waals surface area contributed by atoms with E-state index in [1.165, 1.54) is 24.3 Å². The quantitative estimate of drug-likeness (QED) is 0.792. The Hall–Kier alpha value is -3.36. The molecule has 0 aliphatic carbocycles. The second-order valence-corrected chi connectivity index (χ2v) is 4.85. The van der Waals surface area contributed by atoms with Crippen LogP contribution >= 0.6 is 0 Å². The van der Waals surface area contributed by atoms with Gasteiger partial charge in [-0.2, -0.15) is 8.78 Å². The smallest absolute Gasteiger partial charge is 0.387 e. The van der Waals surface area contributed by atoms with Crippen LogP contribution in [0.15, 0.2) is 42.5 Å². The Morgan fingerprint density at radius 1 is 1.00 bits per heavy atom. The number of hydrogen-bond acceptors (Lipinski definition) is 5. The maximum atomic E-state index is 13.2. The lowest BCUT2D eigenvalue weighted by Gasteiger charge is -2.14.